The number of hydrogen-bond acceptors (Lipinski definition) is 7. The molecule has 2 aromatic rings. The Labute approximate surface area is 178 Å². The maximum absolute atomic E-state index is 12.9. The molecular weight excluding hydrogens is 404 g/mol. The topological polar surface area (TPSA) is 144 Å². The Bertz CT molecular complexity index is 958. The average molecular weight is 428 g/mol. The number of carbonyl (C=O) groups excluding carboxylic acids is 4. The summed E-state index contributed by atoms with van der Waals surface area (Å²) >= 11 is 0. The van der Waals surface area contributed by atoms with Gasteiger partial charge in [-0.05, 0) is 11.5 Å². The third kappa shape index (κ3) is 5.65. The number of ether oxygens (including phenoxy) is 1. The molecule has 1 aliphatic rings. The summed E-state index contributed by atoms with van der Waals surface area (Å²) in [4.78, 5) is 49.5. The van der Waals surface area contributed by atoms with Gasteiger partial charge in [-0.25, -0.2) is 4.79 Å². The van der Waals surface area contributed by atoms with Crippen molar-refractivity contribution in [1.82, 2.24) is 30.7 Å². The van der Waals surface area contributed by atoms with E-state index in [1.165, 1.54) is 6.33 Å². The molecule has 164 valence electrons. The maximum atomic E-state index is 12.9. The second-order valence-electron chi connectivity index (χ2n) is 7.44. The molecule has 3 amide bonds. The number of Topliss-reactive ketones (excluding diaryl/α,β-unsaturated/α-hetero) is 1. The van der Waals surface area contributed by atoms with E-state index < -0.39 is 35.8 Å². The molecular formula is C20H24N6O5. The number of fused-ring (bicyclic) bond motifs is 1. The van der Waals surface area contributed by atoms with Crippen molar-refractivity contribution in [3.8, 4) is 0 Å². The molecule has 3 N–H and O–H groups in total. The first-order valence-corrected chi connectivity index (χ1v) is 9.81. The molecule has 1 aliphatic heterocycles. The molecule has 1 aromatic carbocycles. The Balaban J connectivity index is 1.64. The van der Waals surface area contributed by atoms with Crippen molar-refractivity contribution in [3.05, 3.63) is 48.0 Å². The fourth-order valence-corrected chi connectivity index (χ4v) is 3.05. The second kappa shape index (κ2) is 9.83. The fraction of sp³-hybridized carbons (Fsp3) is 0.400. The predicted octanol–water partition coefficient (Wildman–Crippen LogP) is -0.0872. The molecule has 0 radical (unpaired) electrons. The fourth-order valence-electron chi connectivity index (χ4n) is 3.05. The minimum Gasteiger partial charge on any atom is -0.445 e. The van der Waals surface area contributed by atoms with Gasteiger partial charge in [0.05, 0.1) is 13.1 Å². The Morgan fingerprint density at radius 3 is 2.71 bits per heavy atom. The van der Waals surface area contributed by atoms with Crippen LogP contribution in [0.2, 0.25) is 0 Å². The van der Waals surface area contributed by atoms with Crippen LogP contribution in [0.25, 0.3) is 0 Å². The predicted molar refractivity (Wildman–Crippen MR) is 107 cm³/mol. The van der Waals surface area contributed by atoms with Crippen molar-refractivity contribution in [2.45, 2.75) is 45.6 Å². The zero-order chi connectivity index (χ0) is 22.4. The maximum Gasteiger partial charge on any atom is 0.408 e. The summed E-state index contributed by atoms with van der Waals surface area (Å²) < 4.78 is 6.76. The first-order chi connectivity index (χ1) is 14.8. The highest BCUT2D eigenvalue weighted by molar-refractivity contribution is 6.38. The van der Waals surface area contributed by atoms with Gasteiger partial charge in [-0.2, -0.15) is 0 Å². The highest BCUT2D eigenvalue weighted by Gasteiger charge is 2.33. The third-order valence-corrected chi connectivity index (χ3v) is 4.77. The zero-order valence-corrected chi connectivity index (χ0v) is 17.2. The Morgan fingerprint density at radius 2 is 2.00 bits per heavy atom. The van der Waals surface area contributed by atoms with Crippen LogP contribution in [0.1, 0.15) is 25.2 Å². The van der Waals surface area contributed by atoms with Crippen molar-refractivity contribution in [1.29, 1.82) is 0 Å². The Kier molecular flexibility index (Phi) is 6.96. The van der Waals surface area contributed by atoms with Gasteiger partial charge < -0.3 is 25.3 Å². The largest absolute Gasteiger partial charge is 0.445 e. The van der Waals surface area contributed by atoms with Gasteiger partial charge in [0.15, 0.2) is 5.82 Å². The molecule has 11 heteroatoms. The Morgan fingerprint density at radius 1 is 1.26 bits per heavy atom. The minimum absolute atomic E-state index is 0.00357. The Hall–Kier alpha value is -3.76. The van der Waals surface area contributed by atoms with Crippen LogP contribution in [0.15, 0.2) is 36.7 Å². The number of ketones is 1. The van der Waals surface area contributed by atoms with Crippen molar-refractivity contribution in [2.24, 2.45) is 5.92 Å². The van der Waals surface area contributed by atoms with E-state index in [0.29, 0.717) is 5.82 Å². The molecule has 3 rings (SSSR count). The van der Waals surface area contributed by atoms with E-state index in [1.54, 1.807) is 18.4 Å². The van der Waals surface area contributed by atoms with E-state index in [4.69, 9.17) is 4.74 Å². The summed E-state index contributed by atoms with van der Waals surface area (Å²) in [6, 6.07) is 7.02. The normalized spacial score (nSPS) is 17.1. The molecule has 0 bridgehead atoms. The molecule has 0 aliphatic carbocycles. The lowest BCUT2D eigenvalue weighted by atomic mass is 10.0. The average Bonchev–Trinajstić information content (AvgIpc) is 3.19. The van der Waals surface area contributed by atoms with E-state index in [-0.39, 0.29) is 25.6 Å². The van der Waals surface area contributed by atoms with Gasteiger partial charge >= 0.3 is 6.09 Å². The zero-order valence-electron chi connectivity index (χ0n) is 17.2. The summed E-state index contributed by atoms with van der Waals surface area (Å²) in [7, 11) is 0. The van der Waals surface area contributed by atoms with Crippen LogP contribution < -0.4 is 16.0 Å². The highest BCUT2D eigenvalue weighted by atomic mass is 16.5. The van der Waals surface area contributed by atoms with Crippen LogP contribution in [0, 0.1) is 5.92 Å². The molecule has 2 atom stereocenters. The lowest BCUT2D eigenvalue weighted by Crippen LogP contribution is -2.57. The quantitative estimate of drug-likeness (QED) is 0.546. The number of hydrogen-bond donors (Lipinski definition) is 3. The van der Waals surface area contributed by atoms with E-state index in [1.807, 2.05) is 30.3 Å². The van der Waals surface area contributed by atoms with Crippen LogP contribution in [0.4, 0.5) is 4.79 Å². The minimum atomic E-state index is -1.13. The number of rotatable bonds is 6. The summed E-state index contributed by atoms with van der Waals surface area (Å²) in [5.41, 5.74) is 0.805. The standard InChI is InChI=1S/C20H24N6O5/c1-12(2)16(24-20(30)31-10-13-6-4-3-5-7-13)18(28)23-14-9-26-11-22-25-15(26)8-21-19(29)17(14)27/h3-7,11-12,14,16H,8-10H2,1-2H3,(H,21,29)(H,23,28)(H,24,30). The molecule has 31 heavy (non-hydrogen) atoms. The van der Waals surface area contributed by atoms with Gasteiger partial charge in [-0.15, -0.1) is 10.2 Å². The van der Waals surface area contributed by atoms with Crippen LogP contribution in [0.3, 0.4) is 0 Å². The van der Waals surface area contributed by atoms with Crippen molar-refractivity contribution >= 4 is 23.7 Å². The molecule has 0 spiro atoms. The number of amides is 3. The summed E-state index contributed by atoms with van der Waals surface area (Å²) in [6.45, 7) is 3.60. The molecule has 1 aromatic heterocycles. The van der Waals surface area contributed by atoms with Gasteiger partial charge in [0, 0.05) is 0 Å². The number of carbonyl (C=O) groups is 4. The third-order valence-electron chi connectivity index (χ3n) is 4.77. The number of alkyl carbamates (subject to hydrolysis) is 1. The SMILES string of the molecule is CC(C)C(NC(=O)OCc1ccccc1)C(=O)NC1Cn2cnnc2CNC(=O)C1=O. The number of nitrogens with one attached hydrogen (secondary N) is 3. The molecule has 11 nitrogen and oxygen atoms in total. The molecule has 0 saturated carbocycles. The number of benzene rings is 1. The van der Waals surface area contributed by atoms with Crippen molar-refractivity contribution in [3.63, 3.8) is 0 Å². The summed E-state index contributed by atoms with van der Waals surface area (Å²) in [5, 5.41) is 15.2. The lowest BCUT2D eigenvalue weighted by molar-refractivity contribution is -0.141. The number of nitrogens with zero attached hydrogens (tertiary/aromatic N) is 3. The van der Waals surface area contributed by atoms with E-state index >= 15 is 0 Å². The van der Waals surface area contributed by atoms with Crippen LogP contribution in [-0.4, -0.2) is 50.5 Å². The molecule has 0 fully saturated rings. The van der Waals surface area contributed by atoms with Crippen molar-refractivity contribution < 1.29 is 23.9 Å². The molecule has 0 saturated heterocycles. The van der Waals surface area contributed by atoms with Crippen LogP contribution in [0.5, 0.6) is 0 Å². The highest BCUT2D eigenvalue weighted by Crippen LogP contribution is 2.08. The van der Waals surface area contributed by atoms with Crippen molar-refractivity contribution in [2.75, 3.05) is 0 Å². The smallest absolute Gasteiger partial charge is 0.408 e. The summed E-state index contributed by atoms with van der Waals surface area (Å²) in [5.74, 6) is -2.05. The van der Waals surface area contributed by atoms with Gasteiger partial charge in [0.2, 0.25) is 11.7 Å². The number of aromatic nitrogens is 3. The second-order valence-corrected chi connectivity index (χ2v) is 7.44. The van der Waals surface area contributed by atoms with Gasteiger partial charge in [-0.3, -0.25) is 14.4 Å². The van der Waals surface area contributed by atoms with Gasteiger partial charge in [0.1, 0.15) is 25.0 Å². The van der Waals surface area contributed by atoms with Crippen LogP contribution >= 0.6 is 0 Å². The van der Waals surface area contributed by atoms with Crippen LogP contribution in [-0.2, 0) is 38.8 Å². The first kappa shape index (κ1) is 21.9. The lowest BCUT2D eigenvalue weighted by Gasteiger charge is -2.26. The van der Waals surface area contributed by atoms with Gasteiger partial charge in [-0.1, -0.05) is 44.2 Å². The molecule has 2 heterocycles. The van der Waals surface area contributed by atoms with E-state index in [9.17, 15) is 19.2 Å². The summed E-state index contributed by atoms with van der Waals surface area (Å²) in [6.07, 6.45) is 0.652. The van der Waals surface area contributed by atoms with E-state index in [0.717, 1.165) is 5.56 Å². The monoisotopic (exact) mass is 428 g/mol. The van der Waals surface area contributed by atoms with E-state index in [2.05, 4.69) is 26.1 Å². The van der Waals surface area contributed by atoms with Gasteiger partial charge in [0.25, 0.3) is 5.91 Å². The molecule has 2 unspecified atom stereocenters. The first-order valence-electron chi connectivity index (χ1n) is 9.81.